The second-order valence-corrected chi connectivity index (χ2v) is 6.96. The van der Waals surface area contributed by atoms with E-state index in [1.807, 2.05) is 0 Å². The summed E-state index contributed by atoms with van der Waals surface area (Å²) in [5.41, 5.74) is 5.41. The number of hydrogen-bond acceptors (Lipinski definition) is 7. The molecule has 10 heteroatoms. The molecule has 0 aliphatic carbocycles. The third-order valence-electron chi connectivity index (χ3n) is 1.95. The van der Waals surface area contributed by atoms with Gasteiger partial charge in [0.05, 0.1) is 10.6 Å². The van der Waals surface area contributed by atoms with Crippen LogP contribution in [0.4, 0.5) is 16.4 Å². The van der Waals surface area contributed by atoms with Crippen LogP contribution in [0.15, 0.2) is 27.1 Å². The molecule has 0 radical (unpaired) electrons. The molecule has 0 atom stereocenters. The number of sulfonamides is 1. The van der Waals surface area contributed by atoms with E-state index < -0.39 is 20.6 Å². The molecule has 0 fully saturated rings. The quantitative estimate of drug-likeness (QED) is 0.663. The van der Waals surface area contributed by atoms with E-state index in [1.165, 1.54) is 11.3 Å². The molecular formula is C8H7N3O4S3. The van der Waals surface area contributed by atoms with E-state index in [-0.39, 0.29) is 9.21 Å². The van der Waals surface area contributed by atoms with E-state index in [1.54, 1.807) is 16.8 Å². The normalized spacial score (nSPS) is 11.3. The lowest BCUT2D eigenvalue weighted by Gasteiger charge is -2.02. The molecule has 0 spiro atoms. The van der Waals surface area contributed by atoms with Crippen molar-refractivity contribution in [3.8, 4) is 0 Å². The number of thiophene rings is 2. The summed E-state index contributed by atoms with van der Waals surface area (Å²) in [7, 11) is -3.83. The summed E-state index contributed by atoms with van der Waals surface area (Å²) < 4.78 is 26.0. The summed E-state index contributed by atoms with van der Waals surface area (Å²) >= 11 is 1.99. The van der Waals surface area contributed by atoms with E-state index in [2.05, 4.69) is 4.72 Å². The largest absolute Gasteiger partial charge is 0.385 e. The first-order chi connectivity index (χ1) is 8.40. The predicted molar refractivity (Wildman–Crippen MR) is 70.5 cm³/mol. The monoisotopic (exact) mass is 305 g/mol. The van der Waals surface area contributed by atoms with Gasteiger partial charge in [-0.3, -0.25) is 14.8 Å². The maximum atomic E-state index is 11.9. The molecule has 0 unspecified atom stereocenters. The Morgan fingerprint density at radius 3 is 2.67 bits per heavy atom. The van der Waals surface area contributed by atoms with Crippen molar-refractivity contribution < 1.29 is 13.3 Å². The molecule has 2 aromatic heterocycles. The van der Waals surface area contributed by atoms with Crippen LogP contribution in [0, 0.1) is 10.1 Å². The number of nitrogens with one attached hydrogen (secondary N) is 1. The van der Waals surface area contributed by atoms with Gasteiger partial charge in [0, 0.05) is 11.4 Å². The molecule has 7 nitrogen and oxygen atoms in total. The lowest BCUT2D eigenvalue weighted by Crippen LogP contribution is -2.10. The van der Waals surface area contributed by atoms with E-state index >= 15 is 0 Å². The van der Waals surface area contributed by atoms with Crippen LogP contribution in [-0.2, 0) is 10.0 Å². The smallest absolute Gasteiger partial charge is 0.304 e. The van der Waals surface area contributed by atoms with Crippen molar-refractivity contribution in [3.05, 3.63) is 33.0 Å². The van der Waals surface area contributed by atoms with Gasteiger partial charge in [-0.05, 0) is 11.4 Å². The van der Waals surface area contributed by atoms with Gasteiger partial charge in [-0.15, -0.1) is 0 Å². The Bertz CT molecular complexity index is 675. The average molecular weight is 305 g/mol. The van der Waals surface area contributed by atoms with Gasteiger partial charge in [-0.25, -0.2) is 8.42 Å². The second kappa shape index (κ2) is 4.55. The second-order valence-electron chi connectivity index (χ2n) is 3.19. The molecule has 96 valence electrons. The van der Waals surface area contributed by atoms with Gasteiger partial charge in [0.15, 0.2) is 5.00 Å². The molecule has 0 aliphatic heterocycles. The van der Waals surface area contributed by atoms with E-state index in [0.29, 0.717) is 17.0 Å². The standard InChI is InChI=1S/C8H7N3O4S3/c9-8-6(11(12)13)3-7(17-8)18(14,15)10-5-1-2-16-4-5/h1-4,10H,9H2. The van der Waals surface area contributed by atoms with Gasteiger partial charge < -0.3 is 5.73 Å². The first kappa shape index (κ1) is 12.8. The number of anilines is 2. The molecule has 0 amide bonds. The number of nitrogens with two attached hydrogens (primary N) is 1. The van der Waals surface area contributed by atoms with Gasteiger partial charge in [0.25, 0.3) is 10.0 Å². The summed E-state index contributed by atoms with van der Waals surface area (Å²) in [5, 5.41) is 13.8. The topological polar surface area (TPSA) is 115 Å². The van der Waals surface area contributed by atoms with Crippen molar-refractivity contribution in [1.82, 2.24) is 0 Å². The summed E-state index contributed by atoms with van der Waals surface area (Å²) in [6.45, 7) is 0. The fourth-order valence-electron chi connectivity index (χ4n) is 1.18. The van der Waals surface area contributed by atoms with Gasteiger partial charge in [-0.2, -0.15) is 11.3 Å². The summed E-state index contributed by atoms with van der Waals surface area (Å²) in [5.74, 6) is 0. The number of nitro groups is 1. The zero-order valence-corrected chi connectivity index (χ0v) is 11.1. The average Bonchev–Trinajstić information content (AvgIpc) is 2.86. The molecule has 0 aliphatic rings. The molecule has 0 saturated heterocycles. The van der Waals surface area contributed by atoms with Crippen LogP contribution in [0.25, 0.3) is 0 Å². The maximum Gasteiger partial charge on any atom is 0.304 e. The van der Waals surface area contributed by atoms with Gasteiger partial charge in [0.2, 0.25) is 0 Å². The zero-order chi connectivity index (χ0) is 13.3. The minimum atomic E-state index is -3.83. The molecule has 2 aromatic rings. The first-order valence-corrected chi connectivity index (χ1v) is 7.73. The lowest BCUT2D eigenvalue weighted by molar-refractivity contribution is -0.383. The van der Waals surface area contributed by atoms with Crippen molar-refractivity contribution >= 4 is 49.1 Å². The molecule has 2 heterocycles. The summed E-state index contributed by atoms with van der Waals surface area (Å²) in [6.07, 6.45) is 0. The lowest BCUT2D eigenvalue weighted by atomic mass is 10.5. The number of nitrogen functional groups attached to an aromatic ring is 1. The summed E-state index contributed by atoms with van der Waals surface area (Å²) in [4.78, 5) is 9.88. The van der Waals surface area contributed by atoms with Crippen LogP contribution < -0.4 is 10.5 Å². The van der Waals surface area contributed by atoms with Crippen LogP contribution in [-0.4, -0.2) is 13.3 Å². The molecule has 0 aromatic carbocycles. The molecule has 3 N–H and O–H groups in total. The van der Waals surface area contributed by atoms with Crippen molar-refractivity contribution in [2.45, 2.75) is 4.21 Å². The van der Waals surface area contributed by atoms with E-state index in [0.717, 1.165) is 6.07 Å². The molecule has 0 bridgehead atoms. The minimum absolute atomic E-state index is 0.134. The Hall–Kier alpha value is -1.65. The molecule has 18 heavy (non-hydrogen) atoms. The van der Waals surface area contributed by atoms with Gasteiger partial charge in [-0.1, -0.05) is 11.3 Å². The highest BCUT2D eigenvalue weighted by Crippen LogP contribution is 2.35. The van der Waals surface area contributed by atoms with Crippen molar-refractivity contribution in [2.75, 3.05) is 10.5 Å². The highest BCUT2D eigenvalue weighted by Gasteiger charge is 2.24. The highest BCUT2D eigenvalue weighted by atomic mass is 32.2. The number of hydrogen-bond donors (Lipinski definition) is 2. The fraction of sp³-hybridized carbons (Fsp3) is 0. The number of nitrogens with zero attached hydrogens (tertiary/aromatic N) is 1. The Morgan fingerprint density at radius 2 is 2.17 bits per heavy atom. The Labute approximate surface area is 110 Å². The van der Waals surface area contributed by atoms with Gasteiger partial charge in [0.1, 0.15) is 4.21 Å². The molecule has 2 rings (SSSR count). The van der Waals surface area contributed by atoms with Crippen LogP contribution >= 0.6 is 22.7 Å². The van der Waals surface area contributed by atoms with Crippen LogP contribution in [0.2, 0.25) is 0 Å². The van der Waals surface area contributed by atoms with Crippen molar-refractivity contribution in [3.63, 3.8) is 0 Å². The van der Waals surface area contributed by atoms with E-state index in [4.69, 9.17) is 5.73 Å². The summed E-state index contributed by atoms with van der Waals surface area (Å²) in [6, 6.07) is 2.54. The Kier molecular flexibility index (Phi) is 3.24. The SMILES string of the molecule is Nc1sc(S(=O)(=O)Nc2ccsc2)cc1[N+](=O)[O-]. The maximum absolute atomic E-state index is 11.9. The molecule has 0 saturated carbocycles. The minimum Gasteiger partial charge on any atom is -0.385 e. The van der Waals surface area contributed by atoms with Crippen molar-refractivity contribution in [2.24, 2.45) is 0 Å². The van der Waals surface area contributed by atoms with Gasteiger partial charge >= 0.3 is 5.69 Å². The highest BCUT2D eigenvalue weighted by molar-refractivity contribution is 7.94. The van der Waals surface area contributed by atoms with Crippen molar-refractivity contribution in [1.29, 1.82) is 0 Å². The Morgan fingerprint density at radius 1 is 1.44 bits per heavy atom. The van der Waals surface area contributed by atoms with Crippen LogP contribution in [0.1, 0.15) is 0 Å². The first-order valence-electron chi connectivity index (χ1n) is 4.49. The fourth-order valence-corrected chi connectivity index (χ4v) is 4.10. The predicted octanol–water partition coefficient (Wildman–Crippen LogP) is 2.10. The third-order valence-corrected chi connectivity index (χ3v) is 5.44. The van der Waals surface area contributed by atoms with E-state index in [9.17, 15) is 18.5 Å². The third kappa shape index (κ3) is 2.44. The van der Waals surface area contributed by atoms with Crippen LogP contribution in [0.5, 0.6) is 0 Å². The Balaban J connectivity index is 2.36. The molecular weight excluding hydrogens is 298 g/mol. The zero-order valence-electron chi connectivity index (χ0n) is 8.69. The van der Waals surface area contributed by atoms with Crippen LogP contribution in [0.3, 0.4) is 0 Å². The number of rotatable bonds is 4.